The maximum Gasteiger partial charge on any atom is 0.231 e. The number of aromatic nitrogens is 1. The Bertz CT molecular complexity index is 733. The molecule has 0 bridgehead atoms. The van der Waals surface area contributed by atoms with Crippen LogP contribution in [0, 0.1) is 5.41 Å². The second kappa shape index (κ2) is 6.26. The lowest BCUT2D eigenvalue weighted by atomic mass is 9.77. The number of piperidine rings is 1. The maximum atomic E-state index is 9.23. The van der Waals surface area contributed by atoms with Crippen LogP contribution in [0.1, 0.15) is 31.0 Å². The van der Waals surface area contributed by atoms with Crippen LogP contribution in [0.2, 0.25) is 0 Å². The van der Waals surface area contributed by atoms with Crippen molar-refractivity contribution in [1.82, 2.24) is 4.98 Å². The first kappa shape index (κ1) is 15.7. The molecule has 2 aliphatic rings. The van der Waals surface area contributed by atoms with E-state index >= 15 is 0 Å². The molecule has 1 fully saturated rings. The van der Waals surface area contributed by atoms with Crippen LogP contribution in [0.5, 0.6) is 11.5 Å². The van der Waals surface area contributed by atoms with Crippen LogP contribution < -0.4 is 14.4 Å². The Morgan fingerprint density at radius 2 is 2.21 bits per heavy atom. The Labute approximate surface area is 145 Å². The largest absolute Gasteiger partial charge is 0.454 e. The lowest BCUT2D eigenvalue weighted by Crippen LogP contribution is -2.42. The highest BCUT2D eigenvalue weighted by molar-refractivity contribution is 7.13. The zero-order valence-electron chi connectivity index (χ0n) is 13.8. The molecule has 0 radical (unpaired) electrons. The minimum absolute atomic E-state index is 0.0127. The van der Waals surface area contributed by atoms with Gasteiger partial charge >= 0.3 is 0 Å². The molecule has 1 aromatic heterocycles. The predicted octanol–water partition coefficient (Wildman–Crippen LogP) is 3.21. The Hall–Kier alpha value is -1.79. The van der Waals surface area contributed by atoms with Crippen molar-refractivity contribution in [3.05, 3.63) is 34.8 Å². The van der Waals surface area contributed by atoms with Crippen LogP contribution in [0.3, 0.4) is 0 Å². The molecule has 0 unspecified atom stereocenters. The smallest absolute Gasteiger partial charge is 0.231 e. The van der Waals surface area contributed by atoms with Gasteiger partial charge in [-0.3, -0.25) is 0 Å². The SMILES string of the molecule is C[C@]1(Cc2ccc3c(c2)OCO3)CCCN(c2nc(CO)cs2)C1. The number of ether oxygens (including phenoxy) is 2. The molecule has 1 atom stereocenters. The van der Waals surface area contributed by atoms with Crippen molar-refractivity contribution >= 4 is 16.5 Å². The molecule has 5 nitrogen and oxygen atoms in total. The number of fused-ring (bicyclic) bond motifs is 1. The summed E-state index contributed by atoms with van der Waals surface area (Å²) < 4.78 is 10.9. The fraction of sp³-hybridized carbons (Fsp3) is 0.500. The van der Waals surface area contributed by atoms with Crippen LogP contribution in [0.15, 0.2) is 23.6 Å². The van der Waals surface area contributed by atoms with Gasteiger partial charge in [0.05, 0.1) is 12.3 Å². The molecule has 2 aromatic rings. The zero-order chi connectivity index (χ0) is 16.6. The van der Waals surface area contributed by atoms with Crippen LogP contribution in [-0.2, 0) is 13.0 Å². The van der Waals surface area contributed by atoms with Crippen molar-refractivity contribution in [3.8, 4) is 11.5 Å². The van der Waals surface area contributed by atoms with Crippen LogP contribution in [0.4, 0.5) is 5.13 Å². The second-order valence-electron chi connectivity index (χ2n) is 6.98. The molecule has 128 valence electrons. The van der Waals surface area contributed by atoms with Crippen molar-refractivity contribution in [2.45, 2.75) is 32.8 Å². The van der Waals surface area contributed by atoms with Gasteiger partial charge in [0.25, 0.3) is 0 Å². The van der Waals surface area contributed by atoms with E-state index in [1.54, 1.807) is 11.3 Å². The number of thiazole rings is 1. The molecule has 0 spiro atoms. The number of hydrogen-bond donors (Lipinski definition) is 1. The Balaban J connectivity index is 1.49. The van der Waals surface area contributed by atoms with Gasteiger partial charge < -0.3 is 19.5 Å². The molecule has 0 saturated carbocycles. The number of aliphatic hydroxyl groups excluding tert-OH is 1. The average molecular weight is 346 g/mol. The van der Waals surface area contributed by atoms with Gasteiger partial charge in [-0.2, -0.15) is 0 Å². The van der Waals surface area contributed by atoms with E-state index in [1.807, 2.05) is 11.4 Å². The van der Waals surface area contributed by atoms with Crippen molar-refractivity contribution < 1.29 is 14.6 Å². The van der Waals surface area contributed by atoms with E-state index in [4.69, 9.17) is 9.47 Å². The van der Waals surface area contributed by atoms with E-state index in [0.717, 1.165) is 48.3 Å². The van der Waals surface area contributed by atoms with E-state index in [-0.39, 0.29) is 12.0 Å². The number of nitrogens with zero attached hydrogens (tertiary/aromatic N) is 2. The maximum absolute atomic E-state index is 9.23. The molecule has 3 heterocycles. The first-order valence-corrected chi connectivity index (χ1v) is 9.22. The summed E-state index contributed by atoms with van der Waals surface area (Å²) in [6.07, 6.45) is 3.38. The van der Waals surface area contributed by atoms with E-state index in [1.165, 1.54) is 12.0 Å². The molecule has 24 heavy (non-hydrogen) atoms. The molecular formula is C18H22N2O3S. The predicted molar refractivity (Wildman–Crippen MR) is 93.9 cm³/mol. The second-order valence-corrected chi connectivity index (χ2v) is 7.82. The number of hydrogen-bond acceptors (Lipinski definition) is 6. The molecule has 0 aliphatic carbocycles. The first-order valence-electron chi connectivity index (χ1n) is 8.34. The topological polar surface area (TPSA) is 54.8 Å². The third-order valence-corrected chi connectivity index (χ3v) is 5.77. The molecule has 4 rings (SSSR count). The summed E-state index contributed by atoms with van der Waals surface area (Å²) >= 11 is 1.62. The van der Waals surface area contributed by atoms with Crippen LogP contribution in [-0.4, -0.2) is 30.0 Å². The molecular weight excluding hydrogens is 324 g/mol. The summed E-state index contributed by atoms with van der Waals surface area (Å²) in [6.45, 7) is 4.71. The van der Waals surface area contributed by atoms with Gasteiger partial charge in [-0.1, -0.05) is 13.0 Å². The monoisotopic (exact) mass is 346 g/mol. The third kappa shape index (κ3) is 3.08. The van der Waals surface area contributed by atoms with E-state index in [0.29, 0.717) is 6.79 Å². The highest BCUT2D eigenvalue weighted by Crippen LogP contribution is 2.39. The summed E-state index contributed by atoms with van der Waals surface area (Å²) in [5.41, 5.74) is 2.26. The standard InChI is InChI=1S/C18H22N2O3S/c1-18(8-13-3-4-15-16(7-13)23-12-22-15)5-2-6-20(11-18)17-19-14(9-21)10-24-17/h3-4,7,10,21H,2,5-6,8-9,11-12H2,1H3/t18-/m1/s1. The molecule has 6 heteroatoms. The van der Waals surface area contributed by atoms with Gasteiger partial charge in [0, 0.05) is 18.5 Å². The Morgan fingerprint density at radius 3 is 3.04 bits per heavy atom. The average Bonchev–Trinajstić information content (AvgIpc) is 3.23. The quantitative estimate of drug-likeness (QED) is 0.921. The Morgan fingerprint density at radius 1 is 1.33 bits per heavy atom. The fourth-order valence-electron chi connectivity index (χ4n) is 3.68. The van der Waals surface area contributed by atoms with Gasteiger partial charge in [0.15, 0.2) is 16.6 Å². The third-order valence-electron chi connectivity index (χ3n) is 4.82. The minimum Gasteiger partial charge on any atom is -0.454 e. The summed E-state index contributed by atoms with van der Waals surface area (Å²) in [7, 11) is 0. The first-order chi connectivity index (χ1) is 11.6. The summed E-state index contributed by atoms with van der Waals surface area (Å²) in [4.78, 5) is 6.89. The lowest BCUT2D eigenvalue weighted by Gasteiger charge is -2.40. The molecule has 1 saturated heterocycles. The number of aliphatic hydroxyl groups is 1. The van der Waals surface area contributed by atoms with Crippen molar-refractivity contribution in [1.29, 1.82) is 0 Å². The van der Waals surface area contributed by atoms with Crippen molar-refractivity contribution in [2.75, 3.05) is 24.8 Å². The number of benzene rings is 1. The summed E-state index contributed by atoms with van der Waals surface area (Å²) in [6, 6.07) is 6.26. The molecule has 0 amide bonds. The van der Waals surface area contributed by atoms with Gasteiger partial charge in [-0.15, -0.1) is 11.3 Å². The normalized spacial score (nSPS) is 22.8. The molecule has 2 aliphatic heterocycles. The zero-order valence-corrected chi connectivity index (χ0v) is 14.6. The van der Waals surface area contributed by atoms with Gasteiger partial charge in [0.1, 0.15) is 0 Å². The van der Waals surface area contributed by atoms with Crippen LogP contribution in [0.25, 0.3) is 0 Å². The van der Waals surface area contributed by atoms with Crippen LogP contribution >= 0.6 is 11.3 Å². The molecule has 1 aromatic carbocycles. The van der Waals surface area contributed by atoms with Gasteiger partial charge in [0.2, 0.25) is 6.79 Å². The van der Waals surface area contributed by atoms with Crippen molar-refractivity contribution in [2.24, 2.45) is 5.41 Å². The molecule has 1 N–H and O–H groups in total. The van der Waals surface area contributed by atoms with E-state index < -0.39 is 0 Å². The number of anilines is 1. The van der Waals surface area contributed by atoms with E-state index in [2.05, 4.69) is 28.9 Å². The van der Waals surface area contributed by atoms with E-state index in [9.17, 15) is 5.11 Å². The summed E-state index contributed by atoms with van der Waals surface area (Å²) in [5, 5.41) is 12.2. The summed E-state index contributed by atoms with van der Waals surface area (Å²) in [5.74, 6) is 1.70. The van der Waals surface area contributed by atoms with Gasteiger partial charge in [-0.25, -0.2) is 4.98 Å². The number of rotatable bonds is 4. The minimum atomic E-state index is 0.0127. The Kier molecular flexibility index (Phi) is 4.10. The van der Waals surface area contributed by atoms with Gasteiger partial charge in [-0.05, 0) is 42.4 Å². The fourth-order valence-corrected chi connectivity index (χ4v) is 4.52. The van der Waals surface area contributed by atoms with Crippen molar-refractivity contribution in [3.63, 3.8) is 0 Å². The highest BCUT2D eigenvalue weighted by Gasteiger charge is 2.32. The lowest BCUT2D eigenvalue weighted by molar-refractivity contribution is 0.174. The highest BCUT2D eigenvalue weighted by atomic mass is 32.1.